The van der Waals surface area contributed by atoms with Gasteiger partial charge >= 0.3 is 0 Å². The molecule has 2 atom stereocenters. The predicted molar refractivity (Wildman–Crippen MR) is 81.5 cm³/mol. The Morgan fingerprint density at radius 1 is 1.43 bits per heavy atom. The molecule has 1 saturated heterocycles. The second-order valence-corrected chi connectivity index (χ2v) is 7.38. The lowest BCUT2D eigenvalue weighted by Crippen LogP contribution is -2.40. The quantitative estimate of drug-likeness (QED) is 0.842. The lowest BCUT2D eigenvalue weighted by atomic mass is 10.2. The summed E-state index contributed by atoms with van der Waals surface area (Å²) in [4.78, 5) is 3.24. The number of benzene rings is 1. The van der Waals surface area contributed by atoms with E-state index >= 15 is 0 Å². The number of nitrogens with two attached hydrogens (primary N) is 1. The lowest BCUT2D eigenvalue weighted by Gasteiger charge is -2.25. The minimum absolute atomic E-state index is 0.0972. The van der Waals surface area contributed by atoms with Crippen LogP contribution in [0.5, 0.6) is 0 Å². The molecule has 2 heterocycles. The number of nitrogens with zero attached hydrogens (tertiary/aromatic N) is 1. The molecule has 3 N–H and O–H groups in total. The zero-order valence-electron chi connectivity index (χ0n) is 12.0. The van der Waals surface area contributed by atoms with Gasteiger partial charge in [-0.2, -0.15) is 4.31 Å². The first-order chi connectivity index (χ1) is 9.91. The SMILES string of the molecule is CC1OCCC1N(C)S(=O)(=O)c1c[nH]c2ccc(N)cc12. The number of nitrogens with one attached hydrogen (secondary N) is 1. The van der Waals surface area contributed by atoms with Crippen LogP contribution >= 0.6 is 0 Å². The van der Waals surface area contributed by atoms with Gasteiger partial charge < -0.3 is 15.5 Å². The second-order valence-electron chi connectivity index (χ2n) is 5.41. The van der Waals surface area contributed by atoms with Crippen molar-refractivity contribution in [2.75, 3.05) is 19.4 Å². The van der Waals surface area contributed by atoms with Crippen molar-refractivity contribution in [2.45, 2.75) is 30.4 Å². The number of fused-ring (bicyclic) bond motifs is 1. The Morgan fingerprint density at radius 3 is 2.86 bits per heavy atom. The molecular weight excluding hydrogens is 290 g/mol. The van der Waals surface area contributed by atoms with Gasteiger partial charge in [0.25, 0.3) is 0 Å². The normalized spacial score (nSPS) is 23.2. The number of sulfonamides is 1. The van der Waals surface area contributed by atoms with Crippen molar-refractivity contribution in [3.05, 3.63) is 24.4 Å². The van der Waals surface area contributed by atoms with Crippen molar-refractivity contribution in [1.82, 2.24) is 9.29 Å². The minimum Gasteiger partial charge on any atom is -0.399 e. The third-order valence-electron chi connectivity index (χ3n) is 4.13. The van der Waals surface area contributed by atoms with Gasteiger partial charge in [-0.1, -0.05) is 0 Å². The van der Waals surface area contributed by atoms with Gasteiger partial charge in [-0.05, 0) is 31.5 Å². The van der Waals surface area contributed by atoms with E-state index in [1.165, 1.54) is 10.5 Å². The van der Waals surface area contributed by atoms with E-state index in [9.17, 15) is 8.42 Å². The fourth-order valence-corrected chi connectivity index (χ4v) is 4.46. The predicted octanol–water partition coefficient (Wildman–Crippen LogP) is 1.55. The maximum Gasteiger partial charge on any atom is 0.245 e. The average Bonchev–Trinajstić information content (AvgIpc) is 3.03. The third-order valence-corrected chi connectivity index (χ3v) is 6.05. The van der Waals surface area contributed by atoms with Gasteiger partial charge in [0.05, 0.1) is 12.1 Å². The van der Waals surface area contributed by atoms with E-state index in [1.807, 2.05) is 6.92 Å². The Morgan fingerprint density at radius 2 is 2.19 bits per heavy atom. The van der Waals surface area contributed by atoms with Crippen molar-refractivity contribution < 1.29 is 13.2 Å². The topological polar surface area (TPSA) is 88.4 Å². The summed E-state index contributed by atoms with van der Waals surface area (Å²) in [5.74, 6) is 0. The summed E-state index contributed by atoms with van der Waals surface area (Å²) in [5, 5.41) is 0.619. The highest BCUT2D eigenvalue weighted by atomic mass is 32.2. The first-order valence-electron chi connectivity index (χ1n) is 6.87. The number of aromatic nitrogens is 1. The van der Waals surface area contributed by atoms with Gasteiger partial charge in [0.15, 0.2) is 0 Å². The van der Waals surface area contributed by atoms with Crippen molar-refractivity contribution >= 4 is 26.6 Å². The summed E-state index contributed by atoms with van der Waals surface area (Å²) in [5.41, 5.74) is 7.07. The average molecular weight is 309 g/mol. The fraction of sp³-hybridized carbons (Fsp3) is 0.429. The summed E-state index contributed by atoms with van der Waals surface area (Å²) >= 11 is 0. The van der Waals surface area contributed by atoms with Crippen LogP contribution in [0.15, 0.2) is 29.3 Å². The number of H-pyrrole nitrogens is 1. The molecule has 3 rings (SSSR count). The first-order valence-corrected chi connectivity index (χ1v) is 8.31. The van der Waals surface area contributed by atoms with Crippen LogP contribution in [0.2, 0.25) is 0 Å². The van der Waals surface area contributed by atoms with Crippen molar-refractivity contribution in [2.24, 2.45) is 0 Å². The number of hydrogen-bond acceptors (Lipinski definition) is 4. The molecule has 1 aliphatic heterocycles. The molecule has 0 aliphatic carbocycles. The van der Waals surface area contributed by atoms with Gasteiger partial charge in [-0.3, -0.25) is 0 Å². The van der Waals surface area contributed by atoms with Gasteiger partial charge in [-0.15, -0.1) is 0 Å². The van der Waals surface area contributed by atoms with Gasteiger partial charge in [-0.25, -0.2) is 8.42 Å². The Kier molecular flexibility index (Phi) is 3.43. The highest BCUT2D eigenvalue weighted by Gasteiger charge is 2.36. The Hall–Kier alpha value is -1.57. The summed E-state index contributed by atoms with van der Waals surface area (Å²) < 4.78 is 32.6. The van der Waals surface area contributed by atoms with Gasteiger partial charge in [0.2, 0.25) is 10.0 Å². The van der Waals surface area contributed by atoms with Crippen molar-refractivity contribution in [3.8, 4) is 0 Å². The van der Waals surface area contributed by atoms with E-state index in [0.29, 0.717) is 24.1 Å². The van der Waals surface area contributed by atoms with E-state index in [-0.39, 0.29) is 17.0 Å². The number of ether oxygens (including phenoxy) is 1. The molecular formula is C14H19N3O3S. The Bertz CT molecular complexity index is 769. The number of aromatic amines is 1. The summed E-state index contributed by atoms with van der Waals surface area (Å²) in [6.07, 6.45) is 2.14. The van der Waals surface area contributed by atoms with Crippen molar-refractivity contribution in [1.29, 1.82) is 0 Å². The molecule has 0 spiro atoms. The van der Waals surface area contributed by atoms with E-state index in [0.717, 1.165) is 5.52 Å². The molecule has 1 fully saturated rings. The minimum atomic E-state index is -3.59. The molecule has 114 valence electrons. The summed E-state index contributed by atoms with van der Waals surface area (Å²) in [6, 6.07) is 5.07. The molecule has 0 bridgehead atoms. The van der Waals surface area contributed by atoms with Crippen LogP contribution in [0.3, 0.4) is 0 Å². The standard InChI is InChI=1S/C14H19N3O3S/c1-9-13(5-6-20-9)17(2)21(18,19)14-8-16-12-4-3-10(15)7-11(12)14/h3-4,7-9,13,16H,5-6,15H2,1-2H3. The number of anilines is 1. The smallest absolute Gasteiger partial charge is 0.245 e. The van der Waals surface area contributed by atoms with Crippen molar-refractivity contribution in [3.63, 3.8) is 0 Å². The second kappa shape index (κ2) is 5.01. The molecule has 2 aromatic rings. The van der Waals surface area contributed by atoms with Crippen LogP contribution < -0.4 is 5.73 Å². The van der Waals surface area contributed by atoms with Crippen LogP contribution in [0.4, 0.5) is 5.69 Å². The Balaban J connectivity index is 2.05. The lowest BCUT2D eigenvalue weighted by molar-refractivity contribution is 0.102. The van der Waals surface area contributed by atoms with Crippen LogP contribution in [-0.2, 0) is 14.8 Å². The zero-order valence-corrected chi connectivity index (χ0v) is 12.9. The number of hydrogen-bond donors (Lipinski definition) is 2. The van der Waals surface area contributed by atoms with Crippen LogP contribution in [0.1, 0.15) is 13.3 Å². The third kappa shape index (κ3) is 2.31. The zero-order chi connectivity index (χ0) is 15.2. The molecule has 21 heavy (non-hydrogen) atoms. The van der Waals surface area contributed by atoms with E-state index in [4.69, 9.17) is 10.5 Å². The highest BCUT2D eigenvalue weighted by molar-refractivity contribution is 7.89. The molecule has 0 saturated carbocycles. The van der Waals surface area contributed by atoms with Gasteiger partial charge in [0.1, 0.15) is 4.90 Å². The number of nitrogen functional groups attached to an aromatic ring is 1. The molecule has 0 amide bonds. The maximum absolute atomic E-state index is 12.9. The molecule has 6 nitrogen and oxygen atoms in total. The summed E-state index contributed by atoms with van der Waals surface area (Å²) in [7, 11) is -1.98. The van der Waals surface area contributed by atoms with E-state index in [1.54, 1.807) is 25.2 Å². The number of rotatable bonds is 3. The first kappa shape index (κ1) is 14.4. The van der Waals surface area contributed by atoms with E-state index < -0.39 is 10.0 Å². The maximum atomic E-state index is 12.9. The Labute approximate surface area is 123 Å². The van der Waals surface area contributed by atoms with Crippen LogP contribution in [-0.4, -0.2) is 43.5 Å². The molecule has 1 aromatic carbocycles. The van der Waals surface area contributed by atoms with Gasteiger partial charge in [0, 0.05) is 36.4 Å². The fourth-order valence-electron chi connectivity index (χ4n) is 2.86. The molecule has 0 radical (unpaired) electrons. The summed E-state index contributed by atoms with van der Waals surface area (Å²) in [6.45, 7) is 2.49. The van der Waals surface area contributed by atoms with E-state index in [2.05, 4.69) is 4.98 Å². The number of likely N-dealkylation sites (N-methyl/N-ethyl adjacent to an activating group) is 1. The molecule has 1 aliphatic rings. The molecule has 2 unspecified atom stereocenters. The molecule has 7 heteroatoms. The monoisotopic (exact) mass is 309 g/mol. The van der Waals surface area contributed by atoms with Crippen LogP contribution in [0.25, 0.3) is 10.9 Å². The largest absolute Gasteiger partial charge is 0.399 e. The highest BCUT2D eigenvalue weighted by Crippen LogP contribution is 2.30. The van der Waals surface area contributed by atoms with Crippen LogP contribution in [0, 0.1) is 0 Å². The molecule has 1 aromatic heterocycles.